The summed E-state index contributed by atoms with van der Waals surface area (Å²) in [5, 5.41) is 0. The van der Waals surface area contributed by atoms with E-state index in [1.165, 1.54) is 0 Å². The molecule has 0 radical (unpaired) electrons. The van der Waals surface area contributed by atoms with Gasteiger partial charge in [-0.3, -0.25) is 0 Å². The van der Waals surface area contributed by atoms with Crippen molar-refractivity contribution in [3.63, 3.8) is 0 Å². The van der Waals surface area contributed by atoms with Gasteiger partial charge < -0.3 is 53.1 Å². The minimum absolute atomic E-state index is 0.620. The summed E-state index contributed by atoms with van der Waals surface area (Å²) >= 11 is 0. The second-order valence-corrected chi connectivity index (χ2v) is 29.1. The molecule has 0 rings (SSSR count). The minimum atomic E-state index is -2.53. The largest absolute Gasteiger partial charge is 0.501 e. The molecule has 0 aromatic heterocycles. The van der Waals surface area contributed by atoms with Gasteiger partial charge in [0, 0.05) is 126 Å². The Morgan fingerprint density at radius 3 is 0.655 bits per heavy atom. The molecule has 0 amide bonds. The van der Waals surface area contributed by atoms with Gasteiger partial charge in [0.2, 0.25) is 0 Å². The first-order valence-electron chi connectivity index (χ1n) is 20.5. The maximum absolute atomic E-state index is 5.90. The molecule has 0 aromatic carbocycles. The second kappa shape index (κ2) is 40.2. The third-order valence-electron chi connectivity index (χ3n) is 6.95. The average Bonchev–Trinajstić information content (AvgIpc) is 3.14. The van der Waals surface area contributed by atoms with Gasteiger partial charge in [0.1, 0.15) is 0 Å². The zero-order valence-electron chi connectivity index (χ0n) is 36.5. The third-order valence-corrected chi connectivity index (χ3v) is 26.9. The van der Waals surface area contributed by atoms with E-state index >= 15 is 0 Å². The van der Waals surface area contributed by atoms with Crippen LogP contribution in [0.3, 0.4) is 0 Å². The van der Waals surface area contributed by atoms with Crippen LogP contribution in [0.1, 0.15) is 95.9 Å². The van der Waals surface area contributed by atoms with Gasteiger partial charge >= 0.3 is 35.2 Å². The second-order valence-electron chi connectivity index (χ2n) is 11.0. The Bertz CT molecular complexity index is 697. The first-order valence-corrected chi connectivity index (χ1v) is 34.5. The van der Waals surface area contributed by atoms with E-state index < -0.39 is 35.2 Å². The van der Waals surface area contributed by atoms with Crippen LogP contribution in [-0.2, 0) is 53.1 Å². The fourth-order valence-electron chi connectivity index (χ4n) is 5.25. The third kappa shape index (κ3) is 29.1. The van der Waals surface area contributed by atoms with Gasteiger partial charge in [0.25, 0.3) is 0 Å². The molecule has 0 atom stereocenters. The van der Waals surface area contributed by atoms with Crippen molar-refractivity contribution in [3.05, 3.63) is 0 Å². The van der Waals surface area contributed by atoms with Crippen molar-refractivity contribution in [2.24, 2.45) is 0 Å². The Kier molecular flexibility index (Phi) is 43.3. The van der Waals surface area contributed by atoms with E-state index in [4.69, 9.17) is 53.1 Å². The van der Waals surface area contributed by atoms with Gasteiger partial charge in [-0.2, -0.15) is 0 Å². The Labute approximate surface area is 361 Å². The molecule has 0 unspecified atom stereocenters. The molecule has 55 heavy (non-hydrogen) atoms. The lowest BCUT2D eigenvalue weighted by Gasteiger charge is -2.29. The summed E-state index contributed by atoms with van der Waals surface area (Å²) in [6.45, 7) is 31.5. The van der Waals surface area contributed by atoms with E-state index in [1.54, 1.807) is 0 Å². The molecule has 21 heteroatoms. The van der Waals surface area contributed by atoms with Gasteiger partial charge in [0.05, 0.1) is 0 Å². The van der Waals surface area contributed by atoms with E-state index in [0.717, 1.165) is 60.0 Å². The summed E-state index contributed by atoms with van der Waals surface area (Å²) in [7, 11) is -0.764. The molecular formula is C34H80O12S5Si4. The molecular weight excluding hydrogens is 873 g/mol. The van der Waals surface area contributed by atoms with E-state index in [-0.39, 0.29) is 0 Å². The monoisotopic (exact) mass is 952 g/mol. The lowest BCUT2D eigenvalue weighted by atomic mass is 10.6. The Balaban J connectivity index is 0. The van der Waals surface area contributed by atoms with Crippen molar-refractivity contribution in [1.29, 1.82) is 0 Å². The van der Waals surface area contributed by atoms with Crippen LogP contribution in [0, 0.1) is 0 Å². The average molecular weight is 954 g/mol. The van der Waals surface area contributed by atoms with Crippen LogP contribution in [0.2, 0.25) is 24.2 Å². The summed E-state index contributed by atoms with van der Waals surface area (Å²) in [6, 6.07) is 3.41. The molecule has 0 heterocycles. The Morgan fingerprint density at radius 1 is 0.255 bits per heavy atom. The topological polar surface area (TPSA) is 111 Å². The zero-order valence-corrected chi connectivity index (χ0v) is 44.6. The van der Waals surface area contributed by atoms with Crippen LogP contribution in [0.5, 0.6) is 0 Å². The molecule has 334 valence electrons. The molecule has 0 saturated heterocycles. The van der Waals surface area contributed by atoms with Crippen molar-refractivity contribution in [1.82, 2.24) is 0 Å². The fraction of sp³-hybridized carbons (Fsp3) is 1.00. The summed E-state index contributed by atoms with van der Waals surface area (Å²) < 4.78 is 70.7. The van der Waals surface area contributed by atoms with Crippen molar-refractivity contribution in [2.45, 2.75) is 120 Å². The quantitative estimate of drug-likeness (QED) is 0.0329. The predicted molar refractivity (Wildman–Crippen MR) is 248 cm³/mol. The van der Waals surface area contributed by atoms with E-state index in [1.807, 2.05) is 136 Å². The first kappa shape index (κ1) is 59.2. The molecule has 0 spiro atoms. The SMILES string of the molecule is CCO[Si](CCCSSSCCC[Si](OCC)(OCC)OCC)(OCC)OCC.CCO[Si](CCSSCC[Si](OCC)(OCC)OCC)(OCC)OCC. The lowest BCUT2D eigenvalue weighted by Crippen LogP contribution is -2.46. The first-order chi connectivity index (χ1) is 26.6. The summed E-state index contributed by atoms with van der Waals surface area (Å²) in [5.74, 6) is 4.00. The molecule has 0 aliphatic carbocycles. The van der Waals surface area contributed by atoms with Crippen molar-refractivity contribution >= 4 is 88.2 Å². The van der Waals surface area contributed by atoms with Crippen LogP contribution >= 0.6 is 53.0 Å². The van der Waals surface area contributed by atoms with Gasteiger partial charge in [-0.05, 0) is 106 Å². The number of hydrogen-bond donors (Lipinski definition) is 0. The molecule has 12 nitrogen and oxygen atoms in total. The molecule has 0 aromatic rings. The summed E-state index contributed by atoms with van der Waals surface area (Å²) in [4.78, 5) is 0. The van der Waals surface area contributed by atoms with Gasteiger partial charge in [-0.15, -0.1) is 0 Å². The number of rotatable bonds is 41. The van der Waals surface area contributed by atoms with Gasteiger partial charge in [-0.25, -0.2) is 0 Å². The van der Waals surface area contributed by atoms with Crippen molar-refractivity contribution in [3.8, 4) is 0 Å². The molecule has 0 N–H and O–H groups in total. The van der Waals surface area contributed by atoms with Crippen LogP contribution in [0.25, 0.3) is 0 Å². The van der Waals surface area contributed by atoms with Crippen molar-refractivity contribution < 1.29 is 53.1 Å². The maximum Gasteiger partial charge on any atom is 0.501 e. The Hall–Kier alpha value is 2.14. The summed E-state index contributed by atoms with van der Waals surface area (Å²) in [6.07, 6.45) is 2.08. The number of hydrogen-bond acceptors (Lipinski definition) is 17. The smallest absolute Gasteiger partial charge is 0.374 e. The lowest BCUT2D eigenvalue weighted by molar-refractivity contribution is 0.0704. The summed E-state index contributed by atoms with van der Waals surface area (Å²) in [5.41, 5.74) is 0. The van der Waals surface area contributed by atoms with Crippen LogP contribution in [0.15, 0.2) is 0 Å². The highest BCUT2D eigenvalue weighted by Crippen LogP contribution is 2.37. The molecule has 0 aliphatic rings. The van der Waals surface area contributed by atoms with Crippen LogP contribution in [-0.4, -0.2) is 138 Å². The minimum Gasteiger partial charge on any atom is -0.374 e. The normalized spacial score (nSPS) is 12.7. The van der Waals surface area contributed by atoms with Crippen molar-refractivity contribution in [2.75, 3.05) is 102 Å². The maximum atomic E-state index is 5.90. The van der Waals surface area contributed by atoms with Gasteiger partial charge in [-0.1, -0.05) is 43.2 Å². The Morgan fingerprint density at radius 2 is 0.455 bits per heavy atom. The van der Waals surface area contributed by atoms with E-state index in [2.05, 4.69) is 0 Å². The predicted octanol–water partition coefficient (Wildman–Crippen LogP) is 10.4. The molecule has 0 bridgehead atoms. The zero-order chi connectivity index (χ0) is 41.6. The van der Waals surface area contributed by atoms with E-state index in [9.17, 15) is 0 Å². The highest BCUT2D eigenvalue weighted by atomic mass is 33.5. The standard InChI is InChI=1S/C18H42O6S3Si2.C16H38O6S2Si2/c1-7-19-28(20-8-2,21-9-3)17-13-15-25-27-26-16-14-18-29(22-10-4,23-11-5)24-12-6;1-7-17-25(18-8-2,19-9-3)15-13-23-24-14-16-26(20-10-4,21-11-5)22-12-6/h7-18H2,1-6H3;7-16H2,1-6H3. The fourth-order valence-corrected chi connectivity index (χ4v) is 24.0. The van der Waals surface area contributed by atoms with E-state index in [0.29, 0.717) is 79.3 Å². The molecule has 0 fully saturated rings. The van der Waals surface area contributed by atoms with Gasteiger partial charge in [0.15, 0.2) is 0 Å². The highest BCUT2D eigenvalue weighted by molar-refractivity contribution is 9.09. The molecule has 0 aliphatic heterocycles. The van der Waals surface area contributed by atoms with Crippen LogP contribution < -0.4 is 0 Å². The highest BCUT2D eigenvalue weighted by Gasteiger charge is 2.42. The van der Waals surface area contributed by atoms with Crippen LogP contribution in [0.4, 0.5) is 0 Å². The molecule has 0 saturated carbocycles.